The van der Waals surface area contributed by atoms with Gasteiger partial charge >= 0.3 is 18.1 Å². The maximum atomic E-state index is 12.7. The molecule has 0 saturated heterocycles. The van der Waals surface area contributed by atoms with E-state index >= 15 is 0 Å². The van der Waals surface area contributed by atoms with Crippen molar-refractivity contribution in [2.45, 2.75) is 38.8 Å². The first-order valence-electron chi connectivity index (χ1n) is 10.7. The number of sulfonamides is 1. The lowest BCUT2D eigenvalue weighted by Gasteiger charge is -2.30. The SMILES string of the molecule is CC(C)CN(CC(C)C)c1ccc(NS(=O)(=O)c2ccccc2Cl)cc1C(=O)O.O=C(O)C(F)(F)F. The zero-order valence-corrected chi connectivity index (χ0v) is 21.6. The minimum atomic E-state index is -5.08. The molecule has 0 aromatic heterocycles. The summed E-state index contributed by atoms with van der Waals surface area (Å²) in [4.78, 5) is 22.8. The van der Waals surface area contributed by atoms with Crippen LogP contribution in [0.25, 0.3) is 0 Å². The second-order valence-electron chi connectivity index (χ2n) is 8.57. The number of carboxylic acid groups (broad SMARTS) is 2. The Labute approximate surface area is 212 Å². The standard InChI is InChI=1S/C21H27ClN2O4S.C2HF3O2/c1-14(2)12-24(13-15(3)4)19-10-9-16(11-17(19)21(25)26)23-29(27,28)20-8-6-5-7-18(20)22;3-2(4,5)1(6)7/h5-11,14-15,23H,12-13H2,1-4H3,(H,25,26);(H,6,7). The fourth-order valence-corrected chi connectivity index (χ4v) is 4.64. The number of hydrogen-bond donors (Lipinski definition) is 3. The molecule has 0 bridgehead atoms. The molecule has 200 valence electrons. The lowest BCUT2D eigenvalue weighted by molar-refractivity contribution is -0.192. The summed E-state index contributed by atoms with van der Waals surface area (Å²) in [5.41, 5.74) is 0.784. The van der Waals surface area contributed by atoms with Gasteiger partial charge in [-0.2, -0.15) is 13.2 Å². The minimum Gasteiger partial charge on any atom is -0.478 e. The number of hydrogen-bond acceptors (Lipinski definition) is 5. The van der Waals surface area contributed by atoms with Gasteiger partial charge in [0.2, 0.25) is 0 Å². The average molecular weight is 553 g/mol. The molecule has 0 fully saturated rings. The van der Waals surface area contributed by atoms with Crippen molar-refractivity contribution in [2.75, 3.05) is 22.7 Å². The van der Waals surface area contributed by atoms with E-state index < -0.39 is 28.1 Å². The van der Waals surface area contributed by atoms with Crippen LogP contribution < -0.4 is 9.62 Å². The number of nitrogens with one attached hydrogen (secondary N) is 1. The number of nitrogens with zero attached hydrogens (tertiary/aromatic N) is 1. The van der Waals surface area contributed by atoms with Gasteiger partial charge in [0.05, 0.1) is 16.3 Å². The Kier molecular flexibility index (Phi) is 11.0. The van der Waals surface area contributed by atoms with Gasteiger partial charge in [-0.1, -0.05) is 51.4 Å². The number of rotatable bonds is 9. The van der Waals surface area contributed by atoms with E-state index in [1.807, 2.05) is 4.90 Å². The van der Waals surface area contributed by atoms with Gasteiger partial charge in [0.15, 0.2) is 0 Å². The van der Waals surface area contributed by atoms with Crippen molar-refractivity contribution in [1.82, 2.24) is 0 Å². The fourth-order valence-electron chi connectivity index (χ4n) is 3.07. The van der Waals surface area contributed by atoms with Crippen molar-refractivity contribution in [3.05, 3.63) is 53.1 Å². The van der Waals surface area contributed by atoms with Gasteiger partial charge < -0.3 is 15.1 Å². The van der Waals surface area contributed by atoms with E-state index in [0.717, 1.165) is 0 Å². The average Bonchev–Trinajstić information content (AvgIpc) is 2.72. The monoisotopic (exact) mass is 552 g/mol. The highest BCUT2D eigenvalue weighted by Gasteiger charge is 2.38. The molecular formula is C23H28ClF3N2O6S. The predicted octanol–water partition coefficient (Wildman–Crippen LogP) is 5.59. The van der Waals surface area contributed by atoms with Crippen LogP contribution in [0.3, 0.4) is 0 Å². The normalized spacial score (nSPS) is 11.6. The first-order valence-corrected chi connectivity index (χ1v) is 12.5. The number of anilines is 2. The van der Waals surface area contributed by atoms with Crippen LogP contribution >= 0.6 is 11.6 Å². The number of alkyl halides is 3. The highest BCUT2D eigenvalue weighted by Crippen LogP contribution is 2.29. The summed E-state index contributed by atoms with van der Waals surface area (Å²) in [6.07, 6.45) is -5.08. The largest absolute Gasteiger partial charge is 0.490 e. The van der Waals surface area contributed by atoms with E-state index in [1.54, 1.807) is 24.3 Å². The number of halogens is 4. The summed E-state index contributed by atoms with van der Waals surface area (Å²) in [6.45, 7) is 9.67. The van der Waals surface area contributed by atoms with E-state index in [1.165, 1.54) is 18.2 Å². The van der Waals surface area contributed by atoms with Crippen LogP contribution in [-0.2, 0) is 14.8 Å². The van der Waals surface area contributed by atoms with Crippen LogP contribution in [0.5, 0.6) is 0 Å². The second kappa shape index (κ2) is 12.8. The molecule has 0 radical (unpaired) electrons. The summed E-state index contributed by atoms with van der Waals surface area (Å²) in [5, 5.41) is 17.0. The molecule has 0 spiro atoms. The highest BCUT2D eigenvalue weighted by molar-refractivity contribution is 7.92. The summed E-state index contributed by atoms with van der Waals surface area (Å²) in [7, 11) is -3.95. The van der Waals surface area contributed by atoms with Crippen LogP contribution in [0.2, 0.25) is 5.02 Å². The van der Waals surface area contributed by atoms with Crippen LogP contribution in [0.4, 0.5) is 24.5 Å². The van der Waals surface area contributed by atoms with Crippen molar-refractivity contribution in [1.29, 1.82) is 0 Å². The molecule has 0 aliphatic heterocycles. The van der Waals surface area contributed by atoms with Gasteiger partial charge in [-0.3, -0.25) is 4.72 Å². The van der Waals surface area contributed by atoms with Gasteiger partial charge in [-0.25, -0.2) is 18.0 Å². The van der Waals surface area contributed by atoms with Gasteiger partial charge in [-0.05, 0) is 42.2 Å². The van der Waals surface area contributed by atoms with E-state index in [0.29, 0.717) is 30.6 Å². The number of carboxylic acids is 2. The first-order chi connectivity index (χ1) is 16.5. The zero-order chi connectivity index (χ0) is 27.8. The molecule has 2 aromatic carbocycles. The molecule has 13 heteroatoms. The number of aliphatic carboxylic acids is 1. The summed E-state index contributed by atoms with van der Waals surface area (Å²) in [6, 6.07) is 10.7. The van der Waals surface area contributed by atoms with E-state index in [9.17, 15) is 31.5 Å². The van der Waals surface area contributed by atoms with E-state index in [-0.39, 0.29) is 21.2 Å². The number of carbonyl (C=O) groups is 2. The topological polar surface area (TPSA) is 124 Å². The summed E-state index contributed by atoms with van der Waals surface area (Å²) in [5.74, 6) is -3.19. The third-order valence-electron chi connectivity index (χ3n) is 4.36. The van der Waals surface area contributed by atoms with Crippen molar-refractivity contribution >= 4 is 44.9 Å². The number of aromatic carboxylic acids is 1. The first kappa shape index (κ1) is 31.0. The molecule has 0 atom stereocenters. The minimum absolute atomic E-state index is 0.0469. The molecule has 8 nitrogen and oxygen atoms in total. The molecule has 3 N–H and O–H groups in total. The Balaban J connectivity index is 0.000000809. The Morgan fingerprint density at radius 3 is 1.92 bits per heavy atom. The van der Waals surface area contributed by atoms with Gasteiger partial charge in [-0.15, -0.1) is 0 Å². The van der Waals surface area contributed by atoms with Crippen molar-refractivity contribution < 1.29 is 41.4 Å². The third-order valence-corrected chi connectivity index (χ3v) is 6.24. The maximum absolute atomic E-state index is 12.7. The zero-order valence-electron chi connectivity index (χ0n) is 20.0. The van der Waals surface area contributed by atoms with Crippen LogP contribution in [0, 0.1) is 11.8 Å². The fraction of sp³-hybridized carbons (Fsp3) is 0.391. The Bertz CT molecular complexity index is 1160. The Morgan fingerprint density at radius 1 is 1.00 bits per heavy atom. The molecular weight excluding hydrogens is 525 g/mol. The molecule has 0 heterocycles. The van der Waals surface area contributed by atoms with Crippen LogP contribution in [0.15, 0.2) is 47.4 Å². The predicted molar refractivity (Wildman–Crippen MR) is 131 cm³/mol. The maximum Gasteiger partial charge on any atom is 0.490 e. The van der Waals surface area contributed by atoms with E-state index in [2.05, 4.69) is 32.4 Å². The quantitative estimate of drug-likeness (QED) is 0.370. The second-order valence-corrected chi connectivity index (χ2v) is 10.6. The summed E-state index contributed by atoms with van der Waals surface area (Å²) >= 11 is 6.00. The van der Waals surface area contributed by atoms with Crippen LogP contribution in [0.1, 0.15) is 38.1 Å². The molecule has 2 aromatic rings. The van der Waals surface area contributed by atoms with Crippen molar-refractivity contribution in [2.24, 2.45) is 11.8 Å². The van der Waals surface area contributed by atoms with Gasteiger partial charge in [0.1, 0.15) is 4.90 Å². The molecule has 36 heavy (non-hydrogen) atoms. The Hall–Kier alpha value is -2.99. The molecule has 0 saturated carbocycles. The smallest absolute Gasteiger partial charge is 0.478 e. The summed E-state index contributed by atoms with van der Waals surface area (Å²) < 4.78 is 59.5. The third kappa shape index (κ3) is 9.57. The molecule has 0 amide bonds. The molecule has 0 aliphatic carbocycles. The van der Waals surface area contributed by atoms with Crippen molar-refractivity contribution in [3.8, 4) is 0 Å². The highest BCUT2D eigenvalue weighted by atomic mass is 35.5. The van der Waals surface area contributed by atoms with Crippen LogP contribution in [-0.4, -0.2) is 49.8 Å². The van der Waals surface area contributed by atoms with Gasteiger partial charge in [0, 0.05) is 18.8 Å². The van der Waals surface area contributed by atoms with Gasteiger partial charge in [0.25, 0.3) is 10.0 Å². The molecule has 2 rings (SSSR count). The lowest BCUT2D eigenvalue weighted by atomic mass is 10.1. The lowest BCUT2D eigenvalue weighted by Crippen LogP contribution is -2.32. The Morgan fingerprint density at radius 2 is 1.50 bits per heavy atom. The molecule has 0 unspecified atom stereocenters. The number of benzene rings is 2. The van der Waals surface area contributed by atoms with Crippen molar-refractivity contribution in [3.63, 3.8) is 0 Å². The molecule has 0 aliphatic rings. The van der Waals surface area contributed by atoms with E-state index in [4.69, 9.17) is 21.5 Å².